The molecule has 2 saturated heterocycles. The highest BCUT2D eigenvalue weighted by atomic mass is 32.2. The second-order valence-corrected chi connectivity index (χ2v) is 5.76. The van der Waals surface area contributed by atoms with Crippen molar-refractivity contribution in [1.29, 1.82) is 0 Å². The predicted octanol–water partition coefficient (Wildman–Crippen LogP) is 0.855. The van der Waals surface area contributed by atoms with E-state index in [0.717, 1.165) is 5.75 Å². The molecule has 3 unspecified atom stereocenters. The van der Waals surface area contributed by atoms with E-state index in [1.54, 1.807) is 11.8 Å². The van der Waals surface area contributed by atoms with Crippen LogP contribution >= 0.6 is 23.5 Å². The third-order valence-electron chi connectivity index (χ3n) is 2.50. The molecule has 2 N–H and O–H groups in total. The standard InChI is InChI=1S/C8H13NO2S2/c10-8(11)6-4-13-7(9-6)5-1-2-12-3-5/h5-7,9H,1-4H2,(H,10,11). The molecule has 0 bridgehead atoms. The van der Waals surface area contributed by atoms with Gasteiger partial charge < -0.3 is 5.11 Å². The summed E-state index contributed by atoms with van der Waals surface area (Å²) < 4.78 is 0. The van der Waals surface area contributed by atoms with E-state index in [-0.39, 0.29) is 6.04 Å². The Balaban J connectivity index is 1.86. The Bertz CT molecular complexity index is 206. The molecule has 3 nitrogen and oxygen atoms in total. The van der Waals surface area contributed by atoms with Crippen LogP contribution in [-0.2, 0) is 4.79 Å². The summed E-state index contributed by atoms with van der Waals surface area (Å²) in [6.45, 7) is 0. The fraction of sp³-hybridized carbons (Fsp3) is 0.875. The van der Waals surface area contributed by atoms with E-state index in [2.05, 4.69) is 5.32 Å². The Kier molecular flexibility index (Phi) is 3.06. The van der Waals surface area contributed by atoms with Gasteiger partial charge in [0.25, 0.3) is 0 Å². The quantitative estimate of drug-likeness (QED) is 0.721. The van der Waals surface area contributed by atoms with E-state index < -0.39 is 5.97 Å². The summed E-state index contributed by atoms with van der Waals surface area (Å²) >= 11 is 3.75. The Morgan fingerprint density at radius 1 is 1.46 bits per heavy atom. The van der Waals surface area contributed by atoms with Gasteiger partial charge in [-0.1, -0.05) is 0 Å². The van der Waals surface area contributed by atoms with Crippen molar-refractivity contribution in [3.05, 3.63) is 0 Å². The monoisotopic (exact) mass is 219 g/mol. The van der Waals surface area contributed by atoms with Crippen LogP contribution < -0.4 is 5.32 Å². The van der Waals surface area contributed by atoms with Gasteiger partial charge in [0.1, 0.15) is 6.04 Å². The predicted molar refractivity (Wildman–Crippen MR) is 56.2 cm³/mol. The van der Waals surface area contributed by atoms with Crippen LogP contribution in [-0.4, -0.2) is 39.8 Å². The minimum atomic E-state index is -0.708. The second kappa shape index (κ2) is 4.11. The van der Waals surface area contributed by atoms with Crippen LogP contribution in [0.25, 0.3) is 0 Å². The molecule has 2 aliphatic heterocycles. The molecule has 2 rings (SSSR count). The number of rotatable bonds is 2. The van der Waals surface area contributed by atoms with Gasteiger partial charge in [0.05, 0.1) is 5.37 Å². The first kappa shape index (κ1) is 9.68. The molecular formula is C8H13NO2S2. The molecule has 0 aromatic carbocycles. The van der Waals surface area contributed by atoms with Crippen LogP contribution in [0.2, 0.25) is 0 Å². The summed E-state index contributed by atoms with van der Waals surface area (Å²) in [6.07, 6.45) is 1.24. The summed E-state index contributed by atoms with van der Waals surface area (Å²) in [5.41, 5.74) is 0. The highest BCUT2D eigenvalue weighted by molar-refractivity contribution is 8.00. The van der Waals surface area contributed by atoms with Gasteiger partial charge in [0, 0.05) is 5.75 Å². The molecule has 3 atom stereocenters. The van der Waals surface area contributed by atoms with Gasteiger partial charge in [-0.15, -0.1) is 11.8 Å². The average molecular weight is 219 g/mol. The molecule has 2 heterocycles. The summed E-state index contributed by atoms with van der Waals surface area (Å²) in [6, 6.07) is -0.319. The molecule has 2 aliphatic rings. The van der Waals surface area contributed by atoms with Crippen LogP contribution in [0, 0.1) is 5.92 Å². The zero-order valence-corrected chi connectivity index (χ0v) is 8.87. The molecule has 2 fully saturated rings. The third-order valence-corrected chi connectivity index (χ3v) is 5.09. The topological polar surface area (TPSA) is 49.3 Å². The number of carbonyl (C=O) groups is 1. The van der Waals surface area contributed by atoms with Crippen LogP contribution in [0.15, 0.2) is 0 Å². The van der Waals surface area contributed by atoms with Gasteiger partial charge in [0.2, 0.25) is 0 Å². The van der Waals surface area contributed by atoms with Crippen LogP contribution in [0.4, 0.5) is 0 Å². The zero-order valence-electron chi connectivity index (χ0n) is 7.23. The van der Waals surface area contributed by atoms with Gasteiger partial charge in [-0.3, -0.25) is 10.1 Å². The number of carboxylic acids is 1. The van der Waals surface area contributed by atoms with Crippen LogP contribution in [0.5, 0.6) is 0 Å². The van der Waals surface area contributed by atoms with E-state index >= 15 is 0 Å². The molecule has 0 aromatic heterocycles. The Morgan fingerprint density at radius 3 is 2.85 bits per heavy atom. The lowest BCUT2D eigenvalue weighted by molar-refractivity contribution is -0.138. The van der Waals surface area contributed by atoms with E-state index in [0.29, 0.717) is 11.3 Å². The van der Waals surface area contributed by atoms with Crippen LogP contribution in [0.3, 0.4) is 0 Å². The molecule has 0 aromatic rings. The third kappa shape index (κ3) is 2.14. The molecule has 74 valence electrons. The maximum atomic E-state index is 10.7. The van der Waals surface area contributed by atoms with Gasteiger partial charge in [0.15, 0.2) is 0 Å². The summed E-state index contributed by atoms with van der Waals surface area (Å²) in [7, 11) is 0. The van der Waals surface area contributed by atoms with Crippen molar-refractivity contribution in [2.75, 3.05) is 17.3 Å². The maximum absolute atomic E-state index is 10.7. The van der Waals surface area contributed by atoms with Gasteiger partial charge >= 0.3 is 5.97 Å². The zero-order chi connectivity index (χ0) is 9.26. The lowest BCUT2D eigenvalue weighted by atomic mass is 10.1. The molecule has 0 aliphatic carbocycles. The average Bonchev–Trinajstić information content (AvgIpc) is 2.75. The van der Waals surface area contributed by atoms with E-state index in [9.17, 15) is 4.79 Å². The number of carboxylic acid groups (broad SMARTS) is 1. The van der Waals surface area contributed by atoms with Gasteiger partial charge in [-0.05, 0) is 23.8 Å². The van der Waals surface area contributed by atoms with Crippen molar-refractivity contribution in [1.82, 2.24) is 5.32 Å². The van der Waals surface area contributed by atoms with Gasteiger partial charge in [-0.2, -0.15) is 11.8 Å². The minimum Gasteiger partial charge on any atom is -0.480 e. The SMILES string of the molecule is O=C(O)C1CSC(C2CCSC2)N1. The van der Waals surface area contributed by atoms with E-state index in [4.69, 9.17) is 5.11 Å². The number of aliphatic carboxylic acids is 1. The van der Waals surface area contributed by atoms with Crippen LogP contribution in [0.1, 0.15) is 6.42 Å². The van der Waals surface area contributed by atoms with Crippen molar-refractivity contribution in [3.63, 3.8) is 0 Å². The minimum absolute atomic E-state index is 0.319. The fourth-order valence-corrected chi connectivity index (χ4v) is 4.52. The Hall–Kier alpha value is 0.130. The number of nitrogens with one attached hydrogen (secondary N) is 1. The first-order chi connectivity index (χ1) is 6.27. The smallest absolute Gasteiger partial charge is 0.321 e. The number of hydrogen-bond acceptors (Lipinski definition) is 4. The van der Waals surface area contributed by atoms with Gasteiger partial charge in [-0.25, -0.2) is 0 Å². The summed E-state index contributed by atoms with van der Waals surface area (Å²) in [4.78, 5) is 10.7. The van der Waals surface area contributed by atoms with E-state index in [1.807, 2.05) is 11.8 Å². The van der Waals surface area contributed by atoms with Crippen molar-refractivity contribution < 1.29 is 9.90 Å². The highest BCUT2D eigenvalue weighted by Crippen LogP contribution is 2.34. The maximum Gasteiger partial charge on any atom is 0.321 e. The fourth-order valence-electron chi connectivity index (χ4n) is 1.70. The molecule has 0 radical (unpaired) electrons. The summed E-state index contributed by atoms with van der Waals surface area (Å²) in [5, 5.41) is 12.4. The van der Waals surface area contributed by atoms with E-state index in [1.165, 1.54) is 17.9 Å². The van der Waals surface area contributed by atoms with Crippen molar-refractivity contribution in [2.24, 2.45) is 5.92 Å². The molecule has 0 spiro atoms. The lowest BCUT2D eigenvalue weighted by Crippen LogP contribution is -2.39. The molecule has 0 amide bonds. The lowest BCUT2D eigenvalue weighted by Gasteiger charge is -2.16. The van der Waals surface area contributed by atoms with Crippen molar-refractivity contribution in [3.8, 4) is 0 Å². The first-order valence-corrected chi connectivity index (χ1v) is 6.66. The Labute approximate surface area is 86.0 Å². The summed E-state index contributed by atoms with van der Waals surface area (Å²) in [5.74, 6) is 3.12. The molecule has 13 heavy (non-hydrogen) atoms. The second-order valence-electron chi connectivity index (χ2n) is 3.44. The number of thioether (sulfide) groups is 2. The largest absolute Gasteiger partial charge is 0.480 e. The van der Waals surface area contributed by atoms with Crippen molar-refractivity contribution >= 4 is 29.5 Å². The molecule has 0 saturated carbocycles. The first-order valence-electron chi connectivity index (χ1n) is 4.45. The molecular weight excluding hydrogens is 206 g/mol. The Morgan fingerprint density at radius 2 is 2.31 bits per heavy atom. The van der Waals surface area contributed by atoms with Crippen molar-refractivity contribution in [2.45, 2.75) is 17.8 Å². The molecule has 5 heteroatoms. The highest BCUT2D eigenvalue weighted by Gasteiger charge is 2.35. The number of hydrogen-bond donors (Lipinski definition) is 2. The normalized spacial score (nSPS) is 39.5.